The van der Waals surface area contributed by atoms with E-state index in [1.807, 2.05) is 48.5 Å². The molecule has 0 spiro atoms. The van der Waals surface area contributed by atoms with Gasteiger partial charge in [0.15, 0.2) is 11.5 Å². The lowest BCUT2D eigenvalue weighted by Gasteiger charge is -2.10. The highest BCUT2D eigenvalue weighted by Gasteiger charge is 2.16. The second kappa shape index (κ2) is 8.12. The van der Waals surface area contributed by atoms with Gasteiger partial charge >= 0.3 is 0 Å². The van der Waals surface area contributed by atoms with Crippen molar-refractivity contribution < 1.29 is 14.3 Å². The number of nitrogens with zero attached hydrogens (tertiary/aromatic N) is 1. The van der Waals surface area contributed by atoms with Gasteiger partial charge in [0.1, 0.15) is 5.71 Å². The summed E-state index contributed by atoms with van der Waals surface area (Å²) >= 11 is 0. The summed E-state index contributed by atoms with van der Waals surface area (Å²) in [4.78, 5) is 17.7. The molecule has 3 rings (SSSR count). The van der Waals surface area contributed by atoms with Gasteiger partial charge in [-0.2, -0.15) is 0 Å². The van der Waals surface area contributed by atoms with Crippen LogP contribution >= 0.6 is 0 Å². The summed E-state index contributed by atoms with van der Waals surface area (Å²) in [5, 5.41) is 0. The van der Waals surface area contributed by atoms with Crippen molar-refractivity contribution in [1.29, 1.82) is 0 Å². The molecule has 3 aromatic rings. The average Bonchev–Trinajstić information content (AvgIpc) is 2.72. The third-order valence-electron chi connectivity index (χ3n) is 3.91. The zero-order valence-electron chi connectivity index (χ0n) is 14.7. The van der Waals surface area contributed by atoms with Crippen molar-refractivity contribution in [3.8, 4) is 11.5 Å². The number of ether oxygens (including phenoxy) is 2. The van der Waals surface area contributed by atoms with Crippen LogP contribution in [0.3, 0.4) is 0 Å². The van der Waals surface area contributed by atoms with E-state index in [1.165, 1.54) is 0 Å². The Kier molecular flexibility index (Phi) is 5.44. The predicted molar refractivity (Wildman–Crippen MR) is 103 cm³/mol. The van der Waals surface area contributed by atoms with Gasteiger partial charge in [-0.05, 0) is 12.1 Å². The summed E-state index contributed by atoms with van der Waals surface area (Å²) in [5.74, 6) is 1.04. The Morgan fingerprint density at radius 1 is 0.731 bits per heavy atom. The number of aliphatic imine (C=N–C) groups is 1. The van der Waals surface area contributed by atoms with Crippen LogP contribution in [0.25, 0.3) is 0 Å². The summed E-state index contributed by atoms with van der Waals surface area (Å²) in [5.41, 5.74) is 2.35. The van der Waals surface area contributed by atoms with Crippen molar-refractivity contribution >= 4 is 17.2 Å². The van der Waals surface area contributed by atoms with Crippen LogP contribution in [-0.2, 0) is 0 Å². The topological polar surface area (TPSA) is 47.9 Å². The lowest BCUT2D eigenvalue weighted by Crippen LogP contribution is -2.15. The first-order valence-corrected chi connectivity index (χ1v) is 8.19. The molecule has 0 atom stereocenters. The van der Waals surface area contributed by atoms with E-state index in [4.69, 9.17) is 9.47 Å². The van der Waals surface area contributed by atoms with Crippen molar-refractivity contribution in [2.45, 2.75) is 0 Å². The molecule has 0 radical (unpaired) electrons. The predicted octanol–water partition coefficient (Wildman–Crippen LogP) is 4.71. The van der Waals surface area contributed by atoms with Crippen molar-refractivity contribution in [3.05, 3.63) is 90.0 Å². The minimum absolute atomic E-state index is 0.133. The molecule has 4 nitrogen and oxygen atoms in total. The maximum absolute atomic E-state index is 13.0. The normalized spacial score (nSPS) is 11.1. The zero-order chi connectivity index (χ0) is 18.4. The number of benzene rings is 3. The second-order valence-corrected chi connectivity index (χ2v) is 5.56. The quantitative estimate of drug-likeness (QED) is 0.480. The zero-order valence-corrected chi connectivity index (χ0v) is 14.7. The SMILES string of the molecule is COc1ccc(N=C(C(=O)c2ccccc2)c2ccccc2)cc1OC. The highest BCUT2D eigenvalue weighted by Crippen LogP contribution is 2.31. The van der Waals surface area contributed by atoms with Crippen LogP contribution in [0.1, 0.15) is 15.9 Å². The van der Waals surface area contributed by atoms with Crippen LogP contribution in [0.2, 0.25) is 0 Å². The summed E-state index contributed by atoms with van der Waals surface area (Å²) in [6.45, 7) is 0. The minimum atomic E-state index is -0.133. The third-order valence-corrected chi connectivity index (χ3v) is 3.91. The number of rotatable bonds is 6. The molecule has 0 N–H and O–H groups in total. The maximum Gasteiger partial charge on any atom is 0.211 e. The molecule has 0 aliphatic carbocycles. The standard InChI is InChI=1S/C22H19NO3/c1-25-19-14-13-18(15-20(19)26-2)23-21(16-9-5-3-6-10-16)22(24)17-11-7-4-8-12-17/h3-15H,1-2H3. The fourth-order valence-electron chi connectivity index (χ4n) is 2.59. The number of Topliss-reactive ketones (excluding diaryl/α,β-unsaturated/α-hetero) is 1. The summed E-state index contributed by atoms with van der Waals surface area (Å²) < 4.78 is 10.6. The first-order valence-electron chi connectivity index (χ1n) is 8.19. The summed E-state index contributed by atoms with van der Waals surface area (Å²) in [6.07, 6.45) is 0. The maximum atomic E-state index is 13.0. The number of carbonyl (C=O) groups is 1. The average molecular weight is 345 g/mol. The molecule has 0 aromatic heterocycles. The molecule has 0 aliphatic heterocycles. The van der Waals surface area contributed by atoms with Crippen LogP contribution in [-0.4, -0.2) is 25.7 Å². The van der Waals surface area contributed by atoms with Crippen LogP contribution in [0.4, 0.5) is 5.69 Å². The lowest BCUT2D eigenvalue weighted by molar-refractivity contribution is 0.106. The van der Waals surface area contributed by atoms with Crippen molar-refractivity contribution in [2.24, 2.45) is 4.99 Å². The van der Waals surface area contributed by atoms with Gasteiger partial charge in [-0.1, -0.05) is 60.7 Å². The first kappa shape index (κ1) is 17.4. The molecule has 0 heterocycles. The Balaban J connectivity index is 2.09. The van der Waals surface area contributed by atoms with Gasteiger partial charge in [0.05, 0.1) is 19.9 Å². The van der Waals surface area contributed by atoms with E-state index in [0.29, 0.717) is 28.5 Å². The molecule has 3 aromatic carbocycles. The summed E-state index contributed by atoms with van der Waals surface area (Å²) in [6, 6.07) is 23.9. The largest absolute Gasteiger partial charge is 0.493 e. The van der Waals surface area contributed by atoms with Crippen molar-refractivity contribution in [1.82, 2.24) is 0 Å². The van der Waals surface area contributed by atoms with E-state index >= 15 is 0 Å². The smallest absolute Gasteiger partial charge is 0.211 e. The summed E-state index contributed by atoms with van der Waals surface area (Å²) in [7, 11) is 3.15. The van der Waals surface area contributed by atoms with E-state index in [1.54, 1.807) is 44.6 Å². The van der Waals surface area contributed by atoms with Crippen LogP contribution in [0, 0.1) is 0 Å². The van der Waals surface area contributed by atoms with Crippen molar-refractivity contribution in [2.75, 3.05) is 14.2 Å². The van der Waals surface area contributed by atoms with Gasteiger partial charge in [0.25, 0.3) is 0 Å². The Labute approximate surface area is 152 Å². The number of carbonyl (C=O) groups excluding carboxylic acids is 1. The van der Waals surface area contributed by atoms with Gasteiger partial charge in [-0.15, -0.1) is 0 Å². The molecule has 4 heteroatoms. The number of ketones is 1. The van der Waals surface area contributed by atoms with Gasteiger partial charge in [0, 0.05) is 17.2 Å². The van der Waals surface area contributed by atoms with E-state index in [9.17, 15) is 4.79 Å². The molecule has 0 aliphatic rings. The Hall–Kier alpha value is -3.40. The Morgan fingerprint density at radius 3 is 1.88 bits per heavy atom. The molecule has 0 saturated heterocycles. The van der Waals surface area contributed by atoms with Crippen LogP contribution in [0.5, 0.6) is 11.5 Å². The van der Waals surface area contributed by atoms with Gasteiger partial charge < -0.3 is 9.47 Å². The molecule has 0 saturated carbocycles. The first-order chi connectivity index (χ1) is 12.7. The molecule has 0 unspecified atom stereocenters. The number of hydrogen-bond acceptors (Lipinski definition) is 4. The molecule has 26 heavy (non-hydrogen) atoms. The van der Waals surface area contributed by atoms with Gasteiger partial charge in [-0.25, -0.2) is 4.99 Å². The molecule has 0 bridgehead atoms. The Bertz CT molecular complexity index is 919. The lowest BCUT2D eigenvalue weighted by atomic mass is 10.0. The fourth-order valence-corrected chi connectivity index (χ4v) is 2.59. The van der Waals surface area contributed by atoms with Crippen LogP contribution in [0.15, 0.2) is 83.9 Å². The van der Waals surface area contributed by atoms with E-state index in [-0.39, 0.29) is 5.78 Å². The number of methoxy groups -OCH3 is 2. The van der Waals surface area contributed by atoms with E-state index < -0.39 is 0 Å². The minimum Gasteiger partial charge on any atom is -0.493 e. The third kappa shape index (κ3) is 3.81. The van der Waals surface area contributed by atoms with Gasteiger partial charge in [0.2, 0.25) is 5.78 Å². The molecule has 130 valence electrons. The molecular formula is C22H19NO3. The highest BCUT2D eigenvalue weighted by atomic mass is 16.5. The molecule has 0 fully saturated rings. The van der Waals surface area contributed by atoms with E-state index in [0.717, 1.165) is 5.56 Å². The monoisotopic (exact) mass is 345 g/mol. The van der Waals surface area contributed by atoms with Gasteiger partial charge in [-0.3, -0.25) is 4.79 Å². The second-order valence-electron chi connectivity index (χ2n) is 5.56. The fraction of sp³-hybridized carbons (Fsp3) is 0.0909. The van der Waals surface area contributed by atoms with Crippen molar-refractivity contribution in [3.63, 3.8) is 0 Å². The highest BCUT2D eigenvalue weighted by molar-refractivity contribution is 6.51. The van der Waals surface area contributed by atoms with Crippen LogP contribution < -0.4 is 9.47 Å². The number of hydrogen-bond donors (Lipinski definition) is 0. The molecular weight excluding hydrogens is 326 g/mol. The van der Waals surface area contributed by atoms with E-state index in [2.05, 4.69) is 4.99 Å². The molecule has 0 amide bonds. The Morgan fingerprint density at radius 2 is 1.31 bits per heavy atom.